The molecule has 0 aliphatic heterocycles. The van der Waals surface area contributed by atoms with Crippen LogP contribution in [-0.2, 0) is 9.53 Å². The van der Waals surface area contributed by atoms with Crippen LogP contribution in [-0.4, -0.2) is 36.4 Å². The van der Waals surface area contributed by atoms with Crippen molar-refractivity contribution in [3.63, 3.8) is 0 Å². The summed E-state index contributed by atoms with van der Waals surface area (Å²) in [5, 5.41) is 11.2. The molecule has 13 heavy (non-hydrogen) atoms. The number of rotatable bonds is 6. The number of nitrogens with one attached hydrogen (secondary N) is 1. The number of aliphatic carboxylic acids is 1. The van der Waals surface area contributed by atoms with Gasteiger partial charge in [0.1, 0.15) is 6.61 Å². The number of nitrogens with two attached hydrogens (primary N) is 1. The minimum Gasteiger partial charge on any atom is -0.481 e. The Morgan fingerprint density at radius 1 is 1.62 bits per heavy atom. The average Bonchev–Trinajstić information content (AvgIpc) is 1.96. The summed E-state index contributed by atoms with van der Waals surface area (Å²) in [6, 6.07) is -0.144. The normalized spacial score (nSPS) is 12.1. The number of carbonyl (C=O) groups is 2. The molecule has 1 amide bonds. The van der Waals surface area contributed by atoms with E-state index in [1.165, 1.54) is 0 Å². The highest BCUT2D eigenvalue weighted by atomic mass is 16.5. The van der Waals surface area contributed by atoms with E-state index in [9.17, 15) is 9.59 Å². The van der Waals surface area contributed by atoms with Crippen LogP contribution < -0.4 is 11.1 Å². The van der Waals surface area contributed by atoms with Crippen molar-refractivity contribution in [3.8, 4) is 0 Å². The maximum absolute atomic E-state index is 10.2. The maximum Gasteiger partial charge on any atom is 0.404 e. The van der Waals surface area contributed by atoms with E-state index in [1.807, 2.05) is 0 Å². The molecule has 4 N–H and O–H groups in total. The Kier molecular flexibility index (Phi) is 5.62. The molecule has 1 atom stereocenters. The lowest BCUT2D eigenvalue weighted by Gasteiger charge is -2.10. The van der Waals surface area contributed by atoms with Gasteiger partial charge in [-0.3, -0.25) is 4.79 Å². The van der Waals surface area contributed by atoms with Crippen LogP contribution in [0.2, 0.25) is 0 Å². The fourth-order valence-electron chi connectivity index (χ4n) is 0.791. The summed E-state index contributed by atoms with van der Waals surface area (Å²) in [5.41, 5.74) is 4.71. The summed E-state index contributed by atoms with van der Waals surface area (Å²) in [6.45, 7) is 2.29. The zero-order valence-electron chi connectivity index (χ0n) is 7.45. The van der Waals surface area contributed by atoms with E-state index in [0.29, 0.717) is 6.54 Å². The Bertz CT molecular complexity index is 183. The summed E-state index contributed by atoms with van der Waals surface area (Å²) < 4.78 is 4.43. The number of hydrogen-bond acceptors (Lipinski definition) is 4. The number of carboxylic acid groups (broad SMARTS) is 1. The molecular weight excluding hydrogens is 176 g/mol. The minimum absolute atomic E-state index is 0.0383. The van der Waals surface area contributed by atoms with Crippen LogP contribution in [0, 0.1) is 0 Å². The summed E-state index contributed by atoms with van der Waals surface area (Å²) in [5.74, 6) is -0.865. The van der Waals surface area contributed by atoms with Crippen LogP contribution in [0.25, 0.3) is 0 Å². The van der Waals surface area contributed by atoms with Crippen LogP contribution in [0.15, 0.2) is 0 Å². The zero-order valence-corrected chi connectivity index (χ0v) is 7.45. The SMILES string of the molecule is CC(CC(=O)O)NCCOC(N)=O. The number of primary amides is 1. The molecule has 0 radical (unpaired) electrons. The first-order valence-electron chi connectivity index (χ1n) is 3.89. The molecule has 0 rings (SSSR count). The lowest BCUT2D eigenvalue weighted by atomic mass is 10.2. The van der Waals surface area contributed by atoms with Gasteiger partial charge in [0.2, 0.25) is 0 Å². The first-order valence-corrected chi connectivity index (χ1v) is 3.89. The average molecular weight is 190 g/mol. The standard InChI is InChI=1S/C7H14N2O4/c1-5(4-6(10)11)9-2-3-13-7(8)12/h5,9H,2-4H2,1H3,(H2,8,12)(H,10,11). The minimum atomic E-state index is -0.865. The number of carbonyl (C=O) groups excluding carboxylic acids is 1. The Balaban J connectivity index is 3.31. The van der Waals surface area contributed by atoms with Gasteiger partial charge < -0.3 is 20.9 Å². The van der Waals surface area contributed by atoms with E-state index >= 15 is 0 Å². The predicted molar refractivity (Wildman–Crippen MR) is 45.3 cm³/mol. The lowest BCUT2D eigenvalue weighted by Crippen LogP contribution is -2.32. The van der Waals surface area contributed by atoms with Crippen LogP contribution >= 0.6 is 0 Å². The second kappa shape index (κ2) is 6.24. The van der Waals surface area contributed by atoms with Crippen LogP contribution in [0.1, 0.15) is 13.3 Å². The molecule has 1 unspecified atom stereocenters. The second-order valence-electron chi connectivity index (χ2n) is 2.62. The van der Waals surface area contributed by atoms with Gasteiger partial charge in [-0.15, -0.1) is 0 Å². The molecule has 0 saturated heterocycles. The Morgan fingerprint density at radius 3 is 2.69 bits per heavy atom. The Morgan fingerprint density at radius 2 is 2.23 bits per heavy atom. The van der Waals surface area contributed by atoms with Gasteiger partial charge in [-0.2, -0.15) is 0 Å². The number of carboxylic acids is 1. The molecule has 76 valence electrons. The van der Waals surface area contributed by atoms with Gasteiger partial charge in [0.25, 0.3) is 0 Å². The zero-order chi connectivity index (χ0) is 10.3. The fourth-order valence-corrected chi connectivity index (χ4v) is 0.791. The van der Waals surface area contributed by atoms with Gasteiger partial charge >= 0.3 is 12.1 Å². The molecule has 0 fully saturated rings. The van der Waals surface area contributed by atoms with E-state index in [-0.39, 0.29) is 19.1 Å². The number of hydrogen-bond donors (Lipinski definition) is 3. The van der Waals surface area contributed by atoms with Crippen LogP contribution in [0.5, 0.6) is 0 Å². The monoisotopic (exact) mass is 190 g/mol. The molecule has 0 saturated carbocycles. The molecule has 0 aromatic rings. The van der Waals surface area contributed by atoms with Crippen molar-refractivity contribution < 1.29 is 19.4 Å². The summed E-state index contributed by atoms with van der Waals surface area (Å²) >= 11 is 0. The van der Waals surface area contributed by atoms with Gasteiger partial charge in [-0.1, -0.05) is 0 Å². The van der Waals surface area contributed by atoms with Crippen molar-refractivity contribution >= 4 is 12.1 Å². The quantitative estimate of drug-likeness (QED) is 0.492. The first-order chi connectivity index (χ1) is 6.02. The van der Waals surface area contributed by atoms with E-state index in [1.54, 1.807) is 6.92 Å². The van der Waals surface area contributed by atoms with E-state index in [2.05, 4.69) is 10.1 Å². The Labute approximate surface area is 76.0 Å². The molecule has 0 aliphatic rings. The molecule has 6 nitrogen and oxygen atoms in total. The van der Waals surface area contributed by atoms with Crippen LogP contribution in [0.4, 0.5) is 4.79 Å². The molecular formula is C7H14N2O4. The van der Waals surface area contributed by atoms with Gasteiger partial charge in [0, 0.05) is 12.6 Å². The number of amides is 1. The molecule has 0 heterocycles. The highest BCUT2D eigenvalue weighted by Crippen LogP contribution is 1.88. The van der Waals surface area contributed by atoms with Crippen molar-refractivity contribution in [1.29, 1.82) is 0 Å². The Hall–Kier alpha value is -1.30. The molecule has 6 heteroatoms. The van der Waals surface area contributed by atoms with Gasteiger partial charge in [-0.25, -0.2) is 4.79 Å². The third kappa shape index (κ3) is 8.61. The predicted octanol–water partition coefficient (Wildman–Crippen LogP) is -0.465. The maximum atomic E-state index is 10.2. The van der Waals surface area contributed by atoms with Crippen molar-refractivity contribution in [2.45, 2.75) is 19.4 Å². The van der Waals surface area contributed by atoms with Crippen molar-refractivity contribution in [3.05, 3.63) is 0 Å². The van der Waals surface area contributed by atoms with E-state index in [4.69, 9.17) is 10.8 Å². The molecule has 0 aromatic carbocycles. The highest BCUT2D eigenvalue weighted by Gasteiger charge is 2.05. The second-order valence-corrected chi connectivity index (χ2v) is 2.62. The topological polar surface area (TPSA) is 102 Å². The highest BCUT2D eigenvalue weighted by molar-refractivity contribution is 5.67. The summed E-state index contributed by atoms with van der Waals surface area (Å²) in [4.78, 5) is 20.3. The largest absolute Gasteiger partial charge is 0.481 e. The van der Waals surface area contributed by atoms with Gasteiger partial charge in [0.15, 0.2) is 0 Å². The smallest absolute Gasteiger partial charge is 0.404 e. The lowest BCUT2D eigenvalue weighted by molar-refractivity contribution is -0.137. The fraction of sp³-hybridized carbons (Fsp3) is 0.714. The van der Waals surface area contributed by atoms with E-state index in [0.717, 1.165) is 0 Å². The summed E-state index contributed by atoms with van der Waals surface area (Å²) in [6.07, 6.45) is -0.788. The van der Waals surface area contributed by atoms with Crippen molar-refractivity contribution in [2.24, 2.45) is 5.73 Å². The number of ether oxygens (including phenoxy) is 1. The van der Waals surface area contributed by atoms with Gasteiger partial charge in [0.05, 0.1) is 6.42 Å². The molecule has 0 aromatic heterocycles. The van der Waals surface area contributed by atoms with Crippen LogP contribution in [0.3, 0.4) is 0 Å². The molecule has 0 bridgehead atoms. The summed E-state index contributed by atoms with van der Waals surface area (Å²) in [7, 11) is 0. The molecule has 0 aliphatic carbocycles. The molecule has 0 spiro atoms. The van der Waals surface area contributed by atoms with E-state index < -0.39 is 12.1 Å². The van der Waals surface area contributed by atoms with Crippen molar-refractivity contribution in [1.82, 2.24) is 5.32 Å². The third-order valence-electron chi connectivity index (χ3n) is 1.32. The first kappa shape index (κ1) is 11.7. The van der Waals surface area contributed by atoms with Gasteiger partial charge in [-0.05, 0) is 6.92 Å². The van der Waals surface area contributed by atoms with Crippen molar-refractivity contribution in [2.75, 3.05) is 13.2 Å². The third-order valence-corrected chi connectivity index (χ3v) is 1.32.